The van der Waals surface area contributed by atoms with E-state index < -0.39 is 22.8 Å². The highest BCUT2D eigenvalue weighted by Gasteiger charge is 2.37. The van der Waals surface area contributed by atoms with Crippen LogP contribution in [0.25, 0.3) is 11.8 Å². The minimum absolute atomic E-state index is 0.0193. The monoisotopic (exact) mass is 458 g/mol. The average Bonchev–Trinajstić information content (AvgIpc) is 3.03. The summed E-state index contributed by atoms with van der Waals surface area (Å²) in [6.45, 7) is 7.39. The van der Waals surface area contributed by atoms with E-state index in [0.717, 1.165) is 27.4 Å². The number of nitrogens with one attached hydrogen (secondary N) is 1. The van der Waals surface area contributed by atoms with Crippen molar-refractivity contribution in [3.05, 3.63) is 92.3 Å². The van der Waals surface area contributed by atoms with E-state index in [4.69, 9.17) is 0 Å². The number of benzene rings is 2. The summed E-state index contributed by atoms with van der Waals surface area (Å²) in [7, 11) is 0. The summed E-state index contributed by atoms with van der Waals surface area (Å²) in [5, 5.41) is 13.2. The maximum atomic E-state index is 13.3. The fourth-order valence-corrected chi connectivity index (χ4v) is 4.18. The molecule has 4 rings (SSSR count). The van der Waals surface area contributed by atoms with Gasteiger partial charge in [-0.2, -0.15) is 0 Å². The Balaban J connectivity index is 1.75. The van der Waals surface area contributed by atoms with Crippen LogP contribution in [0.1, 0.15) is 28.1 Å². The number of rotatable bonds is 4. The van der Waals surface area contributed by atoms with Gasteiger partial charge in [-0.15, -0.1) is 0 Å². The van der Waals surface area contributed by atoms with Gasteiger partial charge in [-0.3, -0.25) is 25.0 Å². The van der Waals surface area contributed by atoms with Crippen molar-refractivity contribution in [2.24, 2.45) is 0 Å². The topological polar surface area (TPSA) is 115 Å². The number of amides is 4. The summed E-state index contributed by atoms with van der Waals surface area (Å²) in [6, 6.07) is 12.4. The number of non-ortho nitro benzene ring substituents is 1. The lowest BCUT2D eigenvalue weighted by Crippen LogP contribution is -2.54. The summed E-state index contributed by atoms with van der Waals surface area (Å²) < 4.78 is 1.87. The van der Waals surface area contributed by atoms with Crippen LogP contribution in [-0.4, -0.2) is 27.3 Å². The second kappa shape index (κ2) is 8.43. The molecule has 0 atom stereocenters. The highest BCUT2D eigenvalue weighted by molar-refractivity contribution is 6.39. The highest BCUT2D eigenvalue weighted by Crippen LogP contribution is 2.27. The quantitative estimate of drug-likeness (QED) is 0.271. The van der Waals surface area contributed by atoms with Crippen molar-refractivity contribution < 1.29 is 19.3 Å². The summed E-state index contributed by atoms with van der Waals surface area (Å²) in [4.78, 5) is 49.8. The SMILES string of the molecule is Cc1cc(C)cc(N2C(=O)NC(=O)C(=Cc3cc(C)n(-c4ccc([N+](=O)[O-])cc4)c3C)C2=O)c1. The van der Waals surface area contributed by atoms with Crippen molar-refractivity contribution in [1.82, 2.24) is 9.88 Å². The summed E-state index contributed by atoms with van der Waals surface area (Å²) in [5.74, 6) is -1.48. The minimum Gasteiger partial charge on any atom is -0.318 e. The van der Waals surface area contributed by atoms with Gasteiger partial charge in [-0.05, 0) is 80.8 Å². The van der Waals surface area contributed by atoms with Crippen LogP contribution < -0.4 is 10.2 Å². The molecule has 0 saturated carbocycles. The summed E-state index contributed by atoms with van der Waals surface area (Å²) in [6.07, 6.45) is 1.46. The maximum Gasteiger partial charge on any atom is 0.335 e. The van der Waals surface area contributed by atoms with Gasteiger partial charge in [0.05, 0.1) is 10.6 Å². The molecule has 0 radical (unpaired) electrons. The molecule has 1 aliphatic rings. The number of nitro benzene ring substituents is 1. The van der Waals surface area contributed by atoms with Crippen molar-refractivity contribution in [2.75, 3.05) is 4.90 Å². The zero-order chi connectivity index (χ0) is 24.7. The Kier molecular flexibility index (Phi) is 5.62. The largest absolute Gasteiger partial charge is 0.335 e. The Morgan fingerprint density at radius 3 is 2.09 bits per heavy atom. The third-order valence-corrected chi connectivity index (χ3v) is 5.66. The van der Waals surface area contributed by atoms with Crippen molar-refractivity contribution in [1.29, 1.82) is 0 Å². The van der Waals surface area contributed by atoms with Crippen LogP contribution in [0.2, 0.25) is 0 Å². The zero-order valence-corrected chi connectivity index (χ0v) is 19.1. The van der Waals surface area contributed by atoms with Gasteiger partial charge in [0.2, 0.25) is 0 Å². The van der Waals surface area contributed by atoms with E-state index in [-0.39, 0.29) is 11.3 Å². The van der Waals surface area contributed by atoms with Crippen molar-refractivity contribution in [3.8, 4) is 5.69 Å². The Hall–Kier alpha value is -4.53. The lowest BCUT2D eigenvalue weighted by Gasteiger charge is -2.27. The van der Waals surface area contributed by atoms with Gasteiger partial charge in [-0.25, -0.2) is 9.69 Å². The first kappa shape index (κ1) is 22.7. The summed E-state index contributed by atoms with van der Waals surface area (Å²) in [5.41, 5.74) is 4.82. The third-order valence-electron chi connectivity index (χ3n) is 5.66. The number of barbiturate groups is 1. The van der Waals surface area contributed by atoms with Gasteiger partial charge in [0.1, 0.15) is 5.57 Å². The molecule has 0 spiro atoms. The molecule has 9 heteroatoms. The number of anilines is 1. The minimum atomic E-state index is -0.798. The lowest BCUT2D eigenvalue weighted by atomic mass is 10.1. The van der Waals surface area contributed by atoms with Crippen molar-refractivity contribution in [3.63, 3.8) is 0 Å². The number of carbonyl (C=O) groups is 3. The molecule has 4 amide bonds. The van der Waals surface area contributed by atoms with E-state index in [1.807, 2.05) is 44.4 Å². The molecule has 1 N–H and O–H groups in total. The van der Waals surface area contributed by atoms with E-state index in [1.54, 1.807) is 24.3 Å². The molecule has 0 bridgehead atoms. The van der Waals surface area contributed by atoms with Crippen LogP contribution in [0.3, 0.4) is 0 Å². The van der Waals surface area contributed by atoms with E-state index >= 15 is 0 Å². The number of hydrogen-bond acceptors (Lipinski definition) is 5. The Bertz CT molecular complexity index is 1380. The normalized spacial score (nSPS) is 15.1. The van der Waals surface area contributed by atoms with Gasteiger partial charge < -0.3 is 4.57 Å². The van der Waals surface area contributed by atoms with Crippen LogP contribution in [0, 0.1) is 37.8 Å². The zero-order valence-electron chi connectivity index (χ0n) is 19.1. The number of aryl methyl sites for hydroxylation is 3. The third kappa shape index (κ3) is 3.99. The predicted octanol–water partition coefficient (Wildman–Crippen LogP) is 4.29. The van der Waals surface area contributed by atoms with E-state index in [9.17, 15) is 24.5 Å². The maximum absolute atomic E-state index is 13.3. The van der Waals surface area contributed by atoms with Crippen LogP contribution in [0.15, 0.2) is 54.1 Å². The first-order chi connectivity index (χ1) is 16.1. The molecule has 1 fully saturated rings. The Morgan fingerprint density at radius 1 is 0.882 bits per heavy atom. The molecule has 1 aromatic heterocycles. The van der Waals surface area contributed by atoms with Crippen molar-refractivity contribution in [2.45, 2.75) is 27.7 Å². The summed E-state index contributed by atoms with van der Waals surface area (Å²) >= 11 is 0. The molecular weight excluding hydrogens is 436 g/mol. The second-order valence-electron chi connectivity index (χ2n) is 8.24. The molecule has 2 heterocycles. The van der Waals surface area contributed by atoms with Crippen LogP contribution in [0.4, 0.5) is 16.2 Å². The van der Waals surface area contributed by atoms with Gasteiger partial charge in [0.25, 0.3) is 17.5 Å². The molecule has 1 saturated heterocycles. The van der Waals surface area contributed by atoms with E-state index in [2.05, 4.69) is 5.32 Å². The van der Waals surface area contributed by atoms with Gasteiger partial charge in [0, 0.05) is 29.2 Å². The van der Waals surface area contributed by atoms with Gasteiger partial charge in [0.15, 0.2) is 0 Å². The molecule has 0 aliphatic carbocycles. The average molecular weight is 458 g/mol. The molecule has 34 heavy (non-hydrogen) atoms. The number of aromatic nitrogens is 1. The number of imide groups is 2. The smallest absolute Gasteiger partial charge is 0.318 e. The molecule has 0 unspecified atom stereocenters. The highest BCUT2D eigenvalue weighted by atomic mass is 16.6. The Labute approximate surface area is 195 Å². The van der Waals surface area contributed by atoms with Crippen molar-refractivity contribution >= 4 is 35.3 Å². The van der Waals surface area contributed by atoms with E-state index in [1.165, 1.54) is 18.2 Å². The molecule has 3 aromatic rings. The molecule has 1 aliphatic heterocycles. The molecular formula is C25H22N4O5. The van der Waals surface area contributed by atoms with Gasteiger partial charge in [-0.1, -0.05) is 6.07 Å². The Morgan fingerprint density at radius 2 is 1.50 bits per heavy atom. The fraction of sp³-hybridized carbons (Fsp3) is 0.160. The van der Waals surface area contributed by atoms with Gasteiger partial charge >= 0.3 is 6.03 Å². The molecule has 9 nitrogen and oxygen atoms in total. The lowest BCUT2D eigenvalue weighted by molar-refractivity contribution is -0.384. The first-order valence-electron chi connectivity index (χ1n) is 10.5. The van der Waals surface area contributed by atoms with Crippen LogP contribution in [-0.2, 0) is 9.59 Å². The number of nitrogens with zero attached hydrogens (tertiary/aromatic N) is 3. The molecule has 172 valence electrons. The van der Waals surface area contributed by atoms with Crippen LogP contribution in [0.5, 0.6) is 0 Å². The first-order valence-corrected chi connectivity index (χ1v) is 10.5. The molecule has 2 aromatic carbocycles. The number of urea groups is 1. The second-order valence-corrected chi connectivity index (χ2v) is 8.24. The number of nitro groups is 1. The predicted molar refractivity (Wildman–Crippen MR) is 127 cm³/mol. The number of hydrogen-bond donors (Lipinski definition) is 1. The van der Waals surface area contributed by atoms with E-state index in [0.29, 0.717) is 16.9 Å². The fourth-order valence-electron chi connectivity index (χ4n) is 4.18. The number of carbonyl (C=O) groups excluding carboxylic acids is 3. The standard InChI is InChI=1S/C25H22N4O5/c1-14-9-15(2)11-21(10-14)28-24(31)22(23(30)26-25(28)32)13-18-12-16(3)27(17(18)4)19-5-7-20(8-6-19)29(33)34/h5-13H,1-4H3,(H,26,30,32). The van der Waals surface area contributed by atoms with Crippen LogP contribution >= 0.6 is 0 Å².